The van der Waals surface area contributed by atoms with E-state index < -0.39 is 4.92 Å². The molecule has 1 aromatic heterocycles. The molecular weight excluding hydrogens is 320 g/mol. The fourth-order valence-electron chi connectivity index (χ4n) is 2.91. The van der Waals surface area contributed by atoms with E-state index in [1.54, 1.807) is 0 Å². The van der Waals surface area contributed by atoms with Gasteiger partial charge in [0.1, 0.15) is 0 Å². The summed E-state index contributed by atoms with van der Waals surface area (Å²) in [7, 11) is 0. The Labute approximate surface area is 146 Å². The third-order valence-corrected chi connectivity index (χ3v) is 4.28. The van der Waals surface area contributed by atoms with E-state index in [1.165, 1.54) is 12.8 Å². The molecule has 2 aromatic rings. The van der Waals surface area contributed by atoms with E-state index in [2.05, 4.69) is 15.3 Å². The third kappa shape index (κ3) is 3.96. The van der Waals surface area contributed by atoms with Crippen LogP contribution in [0.25, 0.3) is 0 Å². The molecule has 2 heterocycles. The summed E-state index contributed by atoms with van der Waals surface area (Å²) in [4.78, 5) is 21.5. The fraction of sp³-hybridized carbons (Fsp3) is 0.412. The topological polar surface area (TPSA) is 110 Å². The lowest BCUT2D eigenvalue weighted by Crippen LogP contribution is -2.26. The van der Waals surface area contributed by atoms with Crippen molar-refractivity contribution in [2.75, 3.05) is 29.0 Å². The first-order chi connectivity index (χ1) is 12.0. The highest BCUT2D eigenvalue weighted by molar-refractivity contribution is 5.74. The van der Waals surface area contributed by atoms with Crippen LogP contribution >= 0.6 is 0 Å². The summed E-state index contributed by atoms with van der Waals surface area (Å²) in [5.74, 6) is 0.453. The lowest BCUT2D eigenvalue weighted by Gasteiger charge is -2.21. The van der Waals surface area contributed by atoms with Crippen LogP contribution in [0.4, 0.5) is 29.0 Å². The number of nitro groups is 1. The number of nitrogens with two attached hydrogens (primary N) is 1. The summed E-state index contributed by atoms with van der Waals surface area (Å²) in [6.07, 6.45) is 4.46. The van der Waals surface area contributed by atoms with Crippen LogP contribution in [0.5, 0.6) is 0 Å². The molecule has 0 saturated carbocycles. The lowest BCUT2D eigenvalue weighted by atomic mass is 10.2. The number of nitrogen functional groups attached to an aromatic ring is 1. The Morgan fingerprint density at radius 2 is 1.76 bits per heavy atom. The molecule has 1 aromatic carbocycles. The number of nitrogens with one attached hydrogen (secondary N) is 1. The monoisotopic (exact) mass is 342 g/mol. The molecule has 8 heteroatoms. The van der Waals surface area contributed by atoms with Crippen LogP contribution in [0.3, 0.4) is 0 Å². The van der Waals surface area contributed by atoms with Crippen molar-refractivity contribution in [1.29, 1.82) is 0 Å². The number of benzene rings is 1. The molecule has 25 heavy (non-hydrogen) atoms. The first-order valence-electron chi connectivity index (χ1n) is 8.45. The normalized spacial score (nSPS) is 14.8. The Bertz CT molecular complexity index is 754. The van der Waals surface area contributed by atoms with Gasteiger partial charge in [-0.25, -0.2) is 0 Å². The Balaban J connectivity index is 1.97. The van der Waals surface area contributed by atoms with Crippen molar-refractivity contribution in [3.8, 4) is 0 Å². The zero-order chi connectivity index (χ0) is 17.8. The van der Waals surface area contributed by atoms with Gasteiger partial charge in [0.25, 0.3) is 0 Å². The van der Waals surface area contributed by atoms with Crippen LogP contribution in [0.15, 0.2) is 24.3 Å². The molecule has 0 amide bonds. The minimum atomic E-state index is -0.544. The number of anilines is 4. The van der Waals surface area contributed by atoms with Gasteiger partial charge in [0.2, 0.25) is 17.6 Å². The largest absolute Gasteiger partial charge is 0.378 e. The van der Waals surface area contributed by atoms with Gasteiger partial charge in [-0.3, -0.25) is 10.1 Å². The molecular formula is C17H22N6O2. The predicted octanol–water partition coefficient (Wildman–Crippen LogP) is 3.40. The number of nitrogens with zero attached hydrogens (tertiary/aromatic N) is 4. The zero-order valence-electron chi connectivity index (χ0n) is 14.2. The number of rotatable bonds is 4. The standard InChI is InChI=1S/C17H22N6O2/c1-12-6-8-13(9-7-12)19-16-14(23(24)25)15(18)20-17(21-16)22-10-4-2-3-5-11-22/h6-9H,2-5,10-11H2,1H3,(H3,18,19,20,21). The van der Waals surface area contributed by atoms with Crippen LogP contribution in [-0.4, -0.2) is 28.0 Å². The molecule has 132 valence electrons. The molecule has 0 unspecified atom stereocenters. The van der Waals surface area contributed by atoms with Crippen LogP contribution < -0.4 is 16.0 Å². The molecule has 8 nitrogen and oxygen atoms in total. The number of aromatic nitrogens is 2. The van der Waals surface area contributed by atoms with Gasteiger partial charge in [-0.05, 0) is 31.9 Å². The number of hydrogen-bond acceptors (Lipinski definition) is 7. The van der Waals surface area contributed by atoms with Gasteiger partial charge in [0.15, 0.2) is 0 Å². The Morgan fingerprint density at radius 3 is 2.36 bits per heavy atom. The maximum Gasteiger partial charge on any atom is 0.353 e. The maximum atomic E-state index is 11.4. The maximum absolute atomic E-state index is 11.4. The highest BCUT2D eigenvalue weighted by Crippen LogP contribution is 2.32. The van der Waals surface area contributed by atoms with E-state index in [1.807, 2.05) is 36.1 Å². The van der Waals surface area contributed by atoms with E-state index >= 15 is 0 Å². The minimum Gasteiger partial charge on any atom is -0.378 e. The highest BCUT2D eigenvalue weighted by atomic mass is 16.6. The molecule has 3 rings (SSSR count). The lowest BCUT2D eigenvalue weighted by molar-refractivity contribution is -0.383. The zero-order valence-corrected chi connectivity index (χ0v) is 14.2. The molecule has 0 spiro atoms. The van der Waals surface area contributed by atoms with Crippen LogP contribution in [0.1, 0.15) is 31.2 Å². The average molecular weight is 342 g/mol. The summed E-state index contributed by atoms with van der Waals surface area (Å²) in [5.41, 5.74) is 7.42. The van der Waals surface area contributed by atoms with E-state index in [4.69, 9.17) is 5.73 Å². The van der Waals surface area contributed by atoms with Crippen molar-refractivity contribution < 1.29 is 4.92 Å². The molecule has 0 atom stereocenters. The molecule has 1 aliphatic rings. The van der Waals surface area contributed by atoms with Crippen molar-refractivity contribution in [2.45, 2.75) is 32.6 Å². The summed E-state index contributed by atoms with van der Waals surface area (Å²) < 4.78 is 0. The van der Waals surface area contributed by atoms with Gasteiger partial charge in [0.05, 0.1) is 4.92 Å². The Morgan fingerprint density at radius 1 is 1.12 bits per heavy atom. The van der Waals surface area contributed by atoms with Gasteiger partial charge in [-0.15, -0.1) is 0 Å². The molecule has 3 N–H and O–H groups in total. The first-order valence-corrected chi connectivity index (χ1v) is 8.45. The molecule has 0 bridgehead atoms. The van der Waals surface area contributed by atoms with Gasteiger partial charge in [-0.2, -0.15) is 9.97 Å². The number of aryl methyl sites for hydroxylation is 1. The smallest absolute Gasteiger partial charge is 0.353 e. The van der Waals surface area contributed by atoms with E-state index in [9.17, 15) is 10.1 Å². The van der Waals surface area contributed by atoms with Crippen LogP contribution in [0, 0.1) is 17.0 Å². The molecule has 0 aliphatic carbocycles. The fourth-order valence-corrected chi connectivity index (χ4v) is 2.91. The van der Waals surface area contributed by atoms with E-state index in [0.717, 1.165) is 31.5 Å². The molecule has 1 aliphatic heterocycles. The van der Waals surface area contributed by atoms with Gasteiger partial charge < -0.3 is 16.0 Å². The molecule has 1 fully saturated rings. The van der Waals surface area contributed by atoms with Crippen molar-refractivity contribution in [3.05, 3.63) is 39.9 Å². The molecule has 1 saturated heterocycles. The quantitative estimate of drug-likeness (QED) is 0.647. The number of hydrogen-bond donors (Lipinski definition) is 2. The Kier molecular flexibility index (Phi) is 4.97. The van der Waals surface area contributed by atoms with E-state index in [0.29, 0.717) is 11.6 Å². The van der Waals surface area contributed by atoms with Crippen molar-refractivity contribution in [3.63, 3.8) is 0 Å². The average Bonchev–Trinajstić information content (AvgIpc) is 2.85. The summed E-state index contributed by atoms with van der Waals surface area (Å²) >= 11 is 0. The summed E-state index contributed by atoms with van der Waals surface area (Å²) in [6, 6.07) is 7.55. The molecule has 0 radical (unpaired) electrons. The second-order valence-electron chi connectivity index (χ2n) is 6.26. The van der Waals surface area contributed by atoms with Crippen molar-refractivity contribution in [1.82, 2.24) is 9.97 Å². The second kappa shape index (κ2) is 7.33. The highest BCUT2D eigenvalue weighted by Gasteiger charge is 2.25. The Hall–Kier alpha value is -2.90. The van der Waals surface area contributed by atoms with Crippen LogP contribution in [0.2, 0.25) is 0 Å². The van der Waals surface area contributed by atoms with Gasteiger partial charge in [-0.1, -0.05) is 30.5 Å². The van der Waals surface area contributed by atoms with Gasteiger partial charge >= 0.3 is 5.69 Å². The predicted molar refractivity (Wildman–Crippen MR) is 98.2 cm³/mol. The summed E-state index contributed by atoms with van der Waals surface area (Å²) in [6.45, 7) is 3.65. The van der Waals surface area contributed by atoms with E-state index in [-0.39, 0.29) is 17.3 Å². The van der Waals surface area contributed by atoms with Crippen molar-refractivity contribution in [2.24, 2.45) is 0 Å². The minimum absolute atomic E-state index is 0.117. The second-order valence-corrected chi connectivity index (χ2v) is 6.26. The SMILES string of the molecule is Cc1ccc(Nc2nc(N3CCCCCC3)nc(N)c2[N+](=O)[O-])cc1. The van der Waals surface area contributed by atoms with Crippen molar-refractivity contribution >= 4 is 29.0 Å². The third-order valence-electron chi connectivity index (χ3n) is 4.28. The summed E-state index contributed by atoms with van der Waals surface area (Å²) in [5, 5.41) is 14.4. The van der Waals surface area contributed by atoms with Gasteiger partial charge in [0, 0.05) is 18.8 Å². The first kappa shape index (κ1) is 16.9. The van der Waals surface area contributed by atoms with Crippen LogP contribution in [-0.2, 0) is 0 Å².